The first kappa shape index (κ1) is 16.7. The second-order valence-corrected chi connectivity index (χ2v) is 9.16. The lowest BCUT2D eigenvalue weighted by molar-refractivity contribution is -0.961. The molecule has 186 valence electrons. The molecule has 2 fully saturated rings. The number of quaternary nitrogens is 1. The number of fused-ring (bicyclic) bond motifs is 2. The lowest BCUT2D eigenvalue weighted by atomic mass is 9.95. The van der Waals surface area contributed by atoms with Gasteiger partial charge in [-0.3, -0.25) is 4.79 Å². The largest absolute Gasteiger partial charge is 1.00 e. The van der Waals surface area contributed by atoms with E-state index in [1.807, 2.05) is 18.2 Å². The molecule has 0 amide bonds. The van der Waals surface area contributed by atoms with Crippen LogP contribution in [-0.2, 0) is 16.1 Å². The van der Waals surface area contributed by atoms with E-state index in [4.69, 9.17) is 21.8 Å². The molecule has 2 saturated heterocycles. The van der Waals surface area contributed by atoms with Crippen LogP contribution in [0, 0.1) is 0 Å². The summed E-state index contributed by atoms with van der Waals surface area (Å²) in [5, 5.41) is 9.84. The molecule has 2 heterocycles. The zero-order valence-electron chi connectivity index (χ0n) is 28.2. The molecule has 1 N–H and O–H groups in total. The molecule has 2 aromatic carbocycles. The van der Waals surface area contributed by atoms with Crippen molar-refractivity contribution in [1.29, 1.82) is 0 Å². The zero-order valence-corrected chi connectivity index (χ0v) is 20.8. The van der Waals surface area contributed by atoms with Crippen LogP contribution in [0.4, 0.5) is 0 Å². The van der Waals surface area contributed by atoms with Crippen molar-refractivity contribution >= 4 is 5.97 Å². The lowest BCUT2D eigenvalue weighted by Gasteiger charge is -2.47. The number of aliphatic hydroxyl groups excluding tert-OH is 1. The number of carbonyl (C=O) groups is 1. The van der Waals surface area contributed by atoms with Gasteiger partial charge in [0.1, 0.15) is 24.3 Å². The van der Waals surface area contributed by atoms with E-state index in [1.54, 1.807) is 24.3 Å². The predicted octanol–water partition coefficient (Wildman–Crippen LogP) is 1.83. The van der Waals surface area contributed by atoms with Crippen LogP contribution in [0.5, 0.6) is 5.75 Å². The van der Waals surface area contributed by atoms with Gasteiger partial charge in [0, 0.05) is 40.8 Å². The number of piperidine rings is 1. The summed E-state index contributed by atoms with van der Waals surface area (Å²) in [7, 11) is 2.18. The molecule has 5 nitrogen and oxygen atoms in total. The number of benzene rings is 2. The van der Waals surface area contributed by atoms with Gasteiger partial charge < -0.3 is 36.0 Å². The molecule has 0 aliphatic carbocycles. The Morgan fingerprint density at radius 1 is 1.15 bits per heavy atom. The minimum Gasteiger partial charge on any atom is -1.00 e. The standard InChI is InChI=1S/C28H38NO4.BrH/c1-3-4-16-32-25-14-10-21(11-15-25)19-29(2)23-12-13-24(29)18-26(17-23)33-28(31)27(20-30)22-8-6-5-7-9-22;/h5-11,14-15,23-24,26-27,30H,3-4,12-13,16-20H2,1-2H3;1H/q+1;/p-1/t23?,24?,26?,27-,29?;/m1./s1/i1D3,3D2,4D2,16D2;. The topological polar surface area (TPSA) is 55.8 Å². The highest BCUT2D eigenvalue weighted by Crippen LogP contribution is 2.43. The Balaban J connectivity index is 0.00000506. The number of carbonyl (C=O) groups excluding carboxylic acids is 1. The van der Waals surface area contributed by atoms with Crippen LogP contribution in [0.1, 0.15) is 74.7 Å². The van der Waals surface area contributed by atoms with Crippen molar-refractivity contribution in [3.05, 3.63) is 65.7 Å². The van der Waals surface area contributed by atoms with Gasteiger partial charge in [0.15, 0.2) is 0 Å². The SMILES string of the molecule is [2H]C([2H])([2H])C([2H])([2H])C([2H])([2H])C([2H])([2H])Oc1ccc(C[N+]2(C)C3CCC2CC(OC(=O)[C@H](CO)c2ccccc2)C3)cc1.[Br-]. The molecule has 34 heavy (non-hydrogen) atoms. The second-order valence-electron chi connectivity index (χ2n) is 9.16. The lowest BCUT2D eigenvalue weighted by Crippen LogP contribution is -3.00. The van der Waals surface area contributed by atoms with Gasteiger partial charge in [-0.1, -0.05) is 43.6 Å². The van der Waals surface area contributed by atoms with E-state index in [2.05, 4.69) is 7.05 Å². The summed E-state index contributed by atoms with van der Waals surface area (Å²) in [5.74, 6) is -1.20. The first-order valence-corrected chi connectivity index (χ1v) is 11.4. The second kappa shape index (κ2) is 12.2. The van der Waals surface area contributed by atoms with E-state index in [9.17, 15) is 9.90 Å². The molecule has 3 atom stereocenters. The Labute approximate surface area is 227 Å². The van der Waals surface area contributed by atoms with Crippen molar-refractivity contribution in [2.45, 2.75) is 75.9 Å². The molecule has 0 aromatic heterocycles. The summed E-state index contributed by atoms with van der Waals surface area (Å²) in [6.45, 7) is -6.33. The molecule has 2 aliphatic rings. The average molecular weight is 542 g/mol. The molecule has 6 heteroatoms. The highest BCUT2D eigenvalue weighted by molar-refractivity contribution is 5.78. The molecule has 2 aromatic rings. The molecule has 0 saturated carbocycles. The number of rotatable bonds is 10. The van der Waals surface area contributed by atoms with E-state index < -0.39 is 38.0 Å². The number of aliphatic hydroxyl groups is 1. The Kier molecular flexibility index (Phi) is 5.99. The first-order valence-electron chi connectivity index (χ1n) is 15.9. The highest BCUT2D eigenvalue weighted by atomic mass is 79.9. The van der Waals surface area contributed by atoms with Crippen LogP contribution in [0.25, 0.3) is 0 Å². The third-order valence-electron chi connectivity index (χ3n) is 7.25. The van der Waals surface area contributed by atoms with Crippen LogP contribution in [0.3, 0.4) is 0 Å². The molecule has 2 unspecified atom stereocenters. The summed E-state index contributed by atoms with van der Waals surface area (Å²) in [4.78, 5) is 12.9. The first-order chi connectivity index (χ1) is 19.4. The Bertz CT molecular complexity index is 1230. The van der Waals surface area contributed by atoms with Crippen molar-refractivity contribution in [3.63, 3.8) is 0 Å². The van der Waals surface area contributed by atoms with Crippen molar-refractivity contribution in [1.82, 2.24) is 0 Å². The molecule has 4 rings (SSSR count). The third-order valence-corrected chi connectivity index (χ3v) is 7.25. The van der Waals surface area contributed by atoms with Gasteiger partial charge in [-0.2, -0.15) is 0 Å². The minimum absolute atomic E-state index is 0. The number of ether oxygens (including phenoxy) is 2. The Morgan fingerprint density at radius 3 is 2.44 bits per heavy atom. The van der Waals surface area contributed by atoms with Crippen LogP contribution in [0.2, 0.25) is 0 Å². The van der Waals surface area contributed by atoms with Crippen LogP contribution >= 0.6 is 0 Å². The number of hydrogen-bond donors (Lipinski definition) is 1. The van der Waals surface area contributed by atoms with Crippen molar-refractivity contribution in [2.75, 3.05) is 20.2 Å². The maximum absolute atomic E-state index is 12.9. The van der Waals surface area contributed by atoms with Crippen LogP contribution in [0.15, 0.2) is 54.6 Å². The maximum atomic E-state index is 12.9. The van der Waals surface area contributed by atoms with Crippen molar-refractivity contribution < 1.29 is 53.2 Å². The Morgan fingerprint density at radius 2 is 1.82 bits per heavy atom. The quantitative estimate of drug-likeness (QED) is 0.369. The van der Waals surface area contributed by atoms with E-state index in [0.29, 0.717) is 19.4 Å². The summed E-state index contributed by atoms with van der Waals surface area (Å²) in [6.07, 6.45) is -3.83. The smallest absolute Gasteiger partial charge is 0.316 e. The predicted molar refractivity (Wildman–Crippen MR) is 129 cm³/mol. The molecular formula is C28H38BrNO4. The van der Waals surface area contributed by atoms with Gasteiger partial charge in [-0.05, 0) is 36.2 Å². The average Bonchev–Trinajstić information content (AvgIpc) is 3.05. The molecule has 0 spiro atoms. The molecule has 2 aliphatic heterocycles. The fraction of sp³-hybridized carbons (Fsp3) is 0.536. The number of halogens is 1. The van der Waals surface area contributed by atoms with Crippen LogP contribution < -0.4 is 21.7 Å². The summed E-state index contributed by atoms with van der Waals surface area (Å²) >= 11 is 0. The summed E-state index contributed by atoms with van der Waals surface area (Å²) < 4.78 is 81.2. The van der Waals surface area contributed by atoms with Gasteiger partial charge in [-0.15, -0.1) is 0 Å². The molecule has 2 bridgehead atoms. The maximum Gasteiger partial charge on any atom is 0.316 e. The number of hydrogen-bond acceptors (Lipinski definition) is 4. The fourth-order valence-electron chi connectivity index (χ4n) is 5.46. The molecular weight excluding hydrogens is 494 g/mol. The minimum atomic E-state index is -3.50. The van der Waals surface area contributed by atoms with E-state index in [-0.39, 0.29) is 47.5 Å². The van der Waals surface area contributed by atoms with Gasteiger partial charge in [0.25, 0.3) is 0 Å². The number of esters is 1. The van der Waals surface area contributed by atoms with E-state index >= 15 is 0 Å². The normalized spacial score (nSPS) is 31.9. The van der Waals surface area contributed by atoms with Crippen LogP contribution in [-0.4, -0.2) is 54.0 Å². The zero-order chi connectivity index (χ0) is 31.1. The van der Waals surface area contributed by atoms with Gasteiger partial charge >= 0.3 is 5.97 Å². The molecule has 0 radical (unpaired) electrons. The van der Waals surface area contributed by atoms with Gasteiger partial charge in [0.2, 0.25) is 0 Å². The fourth-order valence-corrected chi connectivity index (χ4v) is 5.46. The highest BCUT2D eigenvalue weighted by Gasteiger charge is 2.52. The van der Waals surface area contributed by atoms with Crippen molar-refractivity contribution in [3.8, 4) is 5.75 Å². The summed E-state index contributed by atoms with van der Waals surface area (Å²) in [5.41, 5.74) is 1.65. The van der Waals surface area contributed by atoms with Crippen molar-refractivity contribution in [2.24, 2.45) is 0 Å². The van der Waals surface area contributed by atoms with E-state index in [1.165, 1.54) is 12.1 Å². The van der Waals surface area contributed by atoms with E-state index in [0.717, 1.165) is 28.5 Å². The van der Waals surface area contributed by atoms with Gasteiger partial charge in [-0.25, -0.2) is 0 Å². The number of nitrogens with zero attached hydrogens (tertiary/aromatic N) is 1. The third kappa shape index (κ3) is 6.02. The van der Waals surface area contributed by atoms with Gasteiger partial charge in [0.05, 0.1) is 35.0 Å². The Hall–Kier alpha value is -1.89. The monoisotopic (exact) mass is 540 g/mol. The summed E-state index contributed by atoms with van der Waals surface area (Å²) in [6, 6.07) is 16.0.